The van der Waals surface area contributed by atoms with Crippen LogP contribution >= 0.6 is 43.5 Å². The summed E-state index contributed by atoms with van der Waals surface area (Å²) in [4.78, 5) is 43.0. The first-order valence-corrected chi connectivity index (χ1v) is 45.2. The molecule has 10 heterocycles. The Morgan fingerprint density at radius 2 is 0.635 bits per heavy atom. The molecular weight excluding hydrogens is 1880 g/mol. The zero-order valence-corrected chi connectivity index (χ0v) is 81.1. The van der Waals surface area contributed by atoms with Gasteiger partial charge in [0.1, 0.15) is 83.0 Å². The second-order valence-electron chi connectivity index (χ2n) is 32.6. The summed E-state index contributed by atoms with van der Waals surface area (Å²) in [6.45, 7) is 23.3. The predicted octanol–water partition coefficient (Wildman–Crippen LogP) is 29.0. The number of aromatic hydroxyl groups is 6. The number of methoxy groups -OCH3 is 1. The van der Waals surface area contributed by atoms with Crippen LogP contribution in [-0.2, 0) is 6.18 Å². The lowest BCUT2D eigenvalue weighted by molar-refractivity contribution is -0.141. The van der Waals surface area contributed by atoms with Gasteiger partial charge in [-0.3, -0.25) is 4.98 Å². The van der Waals surface area contributed by atoms with Crippen molar-refractivity contribution >= 4 is 182 Å². The number of phenolic OH excluding ortho intramolecular Hbond substituents is 6. The molecule has 0 aliphatic heterocycles. The van der Waals surface area contributed by atoms with Crippen LogP contribution in [0.25, 0.3) is 138 Å². The van der Waals surface area contributed by atoms with Crippen molar-refractivity contribution in [1.82, 2.24) is 49.8 Å². The number of benzene rings is 8. The lowest BCUT2D eigenvalue weighted by atomic mass is 10.0. The van der Waals surface area contributed by atoms with Crippen molar-refractivity contribution in [2.24, 2.45) is 0 Å². The van der Waals surface area contributed by atoms with E-state index in [1.807, 2.05) is 319 Å². The average Bonchev–Trinajstić information content (AvgIpc) is 0.812. The Kier molecular flexibility index (Phi) is 32.1. The fraction of sp³-hybridized carbons (Fsp3) is 0.124. The number of nitriles is 1. The van der Waals surface area contributed by atoms with E-state index in [-0.39, 0.29) is 34.5 Å². The molecule has 686 valence electrons. The Morgan fingerprint density at radius 3 is 0.934 bits per heavy atom. The third-order valence-corrected chi connectivity index (χ3v) is 23.7. The number of hydrogen-bond donors (Lipinski definition) is 6. The van der Waals surface area contributed by atoms with Crippen molar-refractivity contribution < 1.29 is 48.5 Å². The number of aryl methyl sites for hydroxylation is 12. The van der Waals surface area contributed by atoms with Crippen LogP contribution in [0.1, 0.15) is 146 Å². The lowest BCUT2D eigenvalue weighted by Gasteiger charge is -2.08. The number of nitrogens with zero attached hydrogens (tertiary/aromatic N) is 11. The van der Waals surface area contributed by atoms with E-state index in [0.29, 0.717) is 61.0 Å². The molecule has 0 radical (unpaired) electrons. The molecule has 0 fully saturated rings. The summed E-state index contributed by atoms with van der Waals surface area (Å²) in [5, 5.41) is 76.4. The number of phenols is 6. The Bertz CT molecular complexity index is 7670. The summed E-state index contributed by atoms with van der Waals surface area (Å²) in [7, 11) is 1.59. The molecule has 0 spiro atoms. The number of alkyl halides is 3. The van der Waals surface area contributed by atoms with Gasteiger partial charge >= 0.3 is 6.18 Å². The molecule has 0 unspecified atom stereocenters. The van der Waals surface area contributed by atoms with E-state index < -0.39 is 11.9 Å². The van der Waals surface area contributed by atoms with E-state index in [0.717, 1.165) is 177 Å². The third-order valence-electron chi connectivity index (χ3n) is 22.4. The second kappa shape index (κ2) is 44.5. The highest BCUT2D eigenvalue weighted by Gasteiger charge is 2.32. The average molecular weight is 1970 g/mol. The van der Waals surface area contributed by atoms with Crippen LogP contribution in [0.5, 0.6) is 40.4 Å². The van der Waals surface area contributed by atoms with Gasteiger partial charge in [0.25, 0.3) is 0 Å². The van der Waals surface area contributed by atoms with Crippen LogP contribution in [0.4, 0.5) is 13.2 Å². The molecule has 0 saturated heterocycles. The maximum absolute atomic E-state index is 12.5. The summed E-state index contributed by atoms with van der Waals surface area (Å²) in [5.41, 5.74) is 24.8. The Balaban J connectivity index is 0.000000139. The Labute approximate surface area is 813 Å². The van der Waals surface area contributed by atoms with Gasteiger partial charge in [0.15, 0.2) is 0 Å². The van der Waals surface area contributed by atoms with E-state index >= 15 is 0 Å². The molecule has 0 bridgehead atoms. The maximum atomic E-state index is 12.5. The van der Waals surface area contributed by atoms with Crippen molar-refractivity contribution in [2.45, 2.75) is 89.3 Å². The van der Waals surface area contributed by atoms with Crippen molar-refractivity contribution in [3.8, 4) is 46.4 Å². The summed E-state index contributed by atoms with van der Waals surface area (Å²) < 4.78 is 44.4. The fourth-order valence-corrected chi connectivity index (χ4v) is 15.7. The van der Waals surface area contributed by atoms with Crippen LogP contribution in [-0.4, -0.2) is 87.6 Å². The van der Waals surface area contributed by atoms with E-state index in [1.54, 1.807) is 56.9 Å². The first-order chi connectivity index (χ1) is 65.6. The van der Waals surface area contributed by atoms with Crippen LogP contribution in [0.3, 0.4) is 0 Å². The van der Waals surface area contributed by atoms with Crippen LogP contribution < -0.4 is 4.74 Å². The van der Waals surface area contributed by atoms with Gasteiger partial charge in [-0.15, -0.1) is 0 Å². The Hall–Kier alpha value is -15.6. The van der Waals surface area contributed by atoms with E-state index in [9.17, 15) is 43.8 Å². The number of pyridine rings is 10. The first kappa shape index (κ1) is 98.9. The highest BCUT2D eigenvalue weighted by molar-refractivity contribution is 9.10. The predicted molar refractivity (Wildman–Crippen MR) is 557 cm³/mol. The number of aromatic nitrogens is 10. The molecule has 6 N–H and O–H groups in total. The van der Waals surface area contributed by atoms with Gasteiger partial charge in [-0.1, -0.05) is 173 Å². The molecule has 24 heteroatoms. The van der Waals surface area contributed by atoms with Gasteiger partial charge in [0, 0.05) is 73.2 Å². The summed E-state index contributed by atoms with van der Waals surface area (Å²) in [5.74, 6) is 1.93. The molecule has 137 heavy (non-hydrogen) atoms. The maximum Gasteiger partial charge on any atom is 0.433 e. The van der Waals surface area contributed by atoms with Crippen molar-refractivity contribution in [1.29, 1.82) is 5.26 Å². The van der Waals surface area contributed by atoms with E-state index in [1.165, 1.54) is 6.07 Å². The van der Waals surface area contributed by atoms with Gasteiger partial charge < -0.3 is 35.4 Å². The smallest absolute Gasteiger partial charge is 0.433 e. The highest BCUT2D eigenvalue weighted by Crippen LogP contribution is 2.38. The van der Waals surface area contributed by atoms with Gasteiger partial charge in [-0.2, -0.15) is 18.4 Å². The molecule has 0 saturated carbocycles. The van der Waals surface area contributed by atoms with Gasteiger partial charge in [-0.05, 0) is 321 Å². The number of fused-ring (bicyclic) bond motifs is 6. The summed E-state index contributed by atoms with van der Waals surface area (Å²) in [6.07, 6.45) is 24.4. The molecule has 0 aliphatic rings. The monoisotopic (exact) mass is 1970 g/mol. The molecule has 8 aromatic carbocycles. The summed E-state index contributed by atoms with van der Waals surface area (Å²) >= 11 is 12.8. The van der Waals surface area contributed by atoms with Crippen LogP contribution in [0.2, 0.25) is 5.15 Å². The van der Waals surface area contributed by atoms with Crippen molar-refractivity contribution in [3.05, 3.63) is 391 Å². The molecule has 10 aromatic heterocycles. The third kappa shape index (κ3) is 25.1. The number of hydrogen-bond acceptors (Lipinski definition) is 18. The van der Waals surface area contributed by atoms with E-state index in [2.05, 4.69) is 87.8 Å². The van der Waals surface area contributed by atoms with Gasteiger partial charge in [-0.25, -0.2) is 44.9 Å². The molecule has 0 aliphatic carbocycles. The normalized spacial score (nSPS) is 11.5. The molecule has 0 amide bonds. The fourth-order valence-electron chi connectivity index (χ4n) is 15.0. The highest BCUT2D eigenvalue weighted by atomic mass is 79.9. The number of halogens is 6. The zero-order chi connectivity index (χ0) is 98.1. The topological polar surface area (TPSA) is 283 Å². The zero-order valence-electron chi connectivity index (χ0n) is 77.1. The van der Waals surface area contributed by atoms with Gasteiger partial charge in [0.05, 0.1) is 52.9 Å². The number of ether oxygens (including phenoxy) is 1. The molecule has 18 rings (SSSR count). The van der Waals surface area contributed by atoms with Crippen molar-refractivity contribution in [3.63, 3.8) is 0 Å². The standard InChI is InChI=1S/C20H16N2O.C19H16BrNO.C19H15F3N2O.C19H18N2O2.C18H15BrN2O.C18H15ClN2O/c1-13-10-14(2)20(23)19-18(13)9-8-17(22-19)7-6-15-4-3-5-16(11-15)12-21;1-12-11-13(2)19(22)18-17(12)10-9-16(21-18)8-5-14-3-6-15(20)7-4-14;1-11-9-12(2)18(25)17-15(11)7-6-14(24-17)5-3-13-4-8-16(23-10-13)19(20,21)22;1-12-10-13(2)19(22)18-16(12)8-7-15(21-18)6-4-14-5-9-17(23-3)20-11-14;1-11-9-12(2)18(22)17-15(11)7-6-14(21-17)5-3-13-4-8-16(19)20-10-13;1-11-10-12(2)17(22)16-15(11)8-7-14(21-16)6-5-13-4-3-9-20-18(13)19/h3-11,23H,1-2H3;3-11,22H,1-2H3;3-10,25H,1-2H3;4-11,22H,1-3H3;2*3-10,22H,1-2H3/b7-6+;8-5+;5-3+;6-4+;5-3+;6-5+. The van der Waals surface area contributed by atoms with Gasteiger partial charge in [0.2, 0.25) is 5.88 Å². The minimum atomic E-state index is -4.45. The minimum Gasteiger partial charge on any atom is -0.505 e. The first-order valence-electron chi connectivity index (χ1n) is 43.3. The molecular formula is C113H95Br2ClF3N11O7. The minimum absolute atomic E-state index is 0.132. The van der Waals surface area contributed by atoms with Crippen molar-refractivity contribution in [2.75, 3.05) is 7.11 Å². The lowest BCUT2D eigenvalue weighted by Crippen LogP contribution is -2.07. The van der Waals surface area contributed by atoms with E-state index in [4.69, 9.17) is 21.6 Å². The second-order valence-corrected chi connectivity index (χ2v) is 34.7. The number of rotatable bonds is 13. The van der Waals surface area contributed by atoms with Crippen LogP contribution in [0.15, 0.2) is 240 Å². The quantitative estimate of drug-likeness (QED) is 0.0585. The Morgan fingerprint density at radius 1 is 0.321 bits per heavy atom. The molecule has 18 nitrogen and oxygen atoms in total. The molecule has 0 atom stereocenters. The largest absolute Gasteiger partial charge is 0.505 e. The summed E-state index contributed by atoms with van der Waals surface area (Å²) in [6, 6.07) is 66.2. The SMILES string of the molecule is COc1ccc(/C=C/c2ccc3c(C)cc(C)c(O)c3n2)cn1.Cc1cc(C)c2ccc(/C=C/c3ccc(Br)cc3)nc2c1O.Cc1cc(C)c2ccc(/C=C/c3ccc(Br)nc3)nc2c1O.Cc1cc(C)c2ccc(/C=C/c3ccc(C(F)(F)F)nc3)nc2c1O.Cc1cc(C)c2ccc(/C=C/c3cccc(C#N)c3)nc2c1O.Cc1cc(C)c2ccc(/C=C/c3cccnc3Cl)nc2c1O. The van der Waals surface area contributed by atoms with Crippen LogP contribution in [0, 0.1) is 94.4 Å². The molecule has 18 aromatic rings.